The third-order valence-electron chi connectivity index (χ3n) is 6.02. The van der Waals surface area contributed by atoms with Gasteiger partial charge in [0.25, 0.3) is 11.8 Å². The molecule has 6 N–H and O–H groups in total. The number of anilines is 1. The smallest absolute Gasteiger partial charge is 0.312 e. The van der Waals surface area contributed by atoms with E-state index in [0.717, 1.165) is 22.6 Å². The van der Waals surface area contributed by atoms with Gasteiger partial charge in [0.05, 0.1) is 6.61 Å². The molecule has 218 valence electrons. The Labute approximate surface area is 233 Å². The average Bonchev–Trinajstić information content (AvgIpc) is 3.23. The number of nitrogens with one attached hydrogen (secondary N) is 4. The Bertz CT molecular complexity index is 1090. The number of carbonyl (C=O) groups excluding carboxylic acids is 6. The fourth-order valence-corrected chi connectivity index (χ4v) is 3.83. The van der Waals surface area contributed by atoms with Crippen LogP contribution in [0, 0.1) is 5.92 Å². The predicted molar refractivity (Wildman–Crippen MR) is 146 cm³/mol. The Kier molecular flexibility index (Phi) is 12.8. The van der Waals surface area contributed by atoms with Gasteiger partial charge in [-0.3, -0.25) is 28.9 Å². The van der Waals surface area contributed by atoms with Crippen molar-refractivity contribution in [3.63, 3.8) is 0 Å². The van der Waals surface area contributed by atoms with Crippen LogP contribution in [-0.2, 0) is 35.3 Å². The molecule has 0 saturated carbocycles. The molecule has 0 unspecified atom stereocenters. The van der Waals surface area contributed by atoms with Gasteiger partial charge in [-0.15, -0.1) is 0 Å². The molecule has 13 nitrogen and oxygen atoms in total. The molecule has 0 saturated heterocycles. The van der Waals surface area contributed by atoms with Gasteiger partial charge in [-0.05, 0) is 43.4 Å². The number of nitrogens with two attached hydrogens (primary N) is 1. The molecule has 40 heavy (non-hydrogen) atoms. The van der Waals surface area contributed by atoms with Crippen molar-refractivity contribution in [3.8, 4) is 0 Å². The summed E-state index contributed by atoms with van der Waals surface area (Å²) in [7, 11) is 0. The number of benzene rings is 1. The second-order valence-electron chi connectivity index (χ2n) is 9.52. The van der Waals surface area contributed by atoms with E-state index in [1.807, 2.05) is 19.1 Å². The summed E-state index contributed by atoms with van der Waals surface area (Å²) in [6.07, 6.45) is 2.61. The zero-order chi connectivity index (χ0) is 29.7. The highest BCUT2D eigenvalue weighted by atomic mass is 16.5. The lowest BCUT2D eigenvalue weighted by atomic mass is 10.0. The van der Waals surface area contributed by atoms with Crippen LogP contribution >= 0.6 is 0 Å². The Balaban J connectivity index is 2.03. The van der Waals surface area contributed by atoms with Crippen LogP contribution in [-0.4, -0.2) is 72.2 Å². The first-order valence-electron chi connectivity index (χ1n) is 13.2. The van der Waals surface area contributed by atoms with Gasteiger partial charge in [-0.25, -0.2) is 4.79 Å². The number of carbonyl (C=O) groups is 6. The summed E-state index contributed by atoms with van der Waals surface area (Å²) in [6, 6.07) is 4.43. The lowest BCUT2D eigenvalue weighted by Gasteiger charge is -2.25. The first-order chi connectivity index (χ1) is 19.0. The van der Waals surface area contributed by atoms with Crippen molar-refractivity contribution in [2.75, 3.05) is 25.0 Å². The van der Waals surface area contributed by atoms with Gasteiger partial charge in [0, 0.05) is 44.0 Å². The van der Waals surface area contributed by atoms with Crippen molar-refractivity contribution in [3.05, 3.63) is 42.0 Å². The fraction of sp³-hybridized carbons (Fsp3) is 0.481. The first-order valence-corrected chi connectivity index (χ1v) is 13.2. The van der Waals surface area contributed by atoms with E-state index in [-0.39, 0.29) is 31.8 Å². The number of hydrogen-bond donors (Lipinski definition) is 5. The molecule has 0 spiro atoms. The minimum Gasteiger partial charge on any atom is -0.377 e. The van der Waals surface area contributed by atoms with Gasteiger partial charge in [-0.1, -0.05) is 26.0 Å². The quantitative estimate of drug-likeness (QED) is 0.145. The molecule has 1 aromatic carbocycles. The maximum atomic E-state index is 13.2. The molecule has 7 amide bonds. The van der Waals surface area contributed by atoms with Crippen molar-refractivity contribution in [1.82, 2.24) is 20.9 Å². The van der Waals surface area contributed by atoms with Crippen LogP contribution in [0.3, 0.4) is 0 Å². The molecule has 0 bridgehead atoms. The number of primary amides is 1. The van der Waals surface area contributed by atoms with Gasteiger partial charge in [0.1, 0.15) is 12.1 Å². The Morgan fingerprint density at radius 1 is 0.975 bits per heavy atom. The van der Waals surface area contributed by atoms with E-state index >= 15 is 0 Å². The summed E-state index contributed by atoms with van der Waals surface area (Å²) in [4.78, 5) is 74.2. The normalized spacial score (nSPS) is 14.2. The van der Waals surface area contributed by atoms with Crippen molar-refractivity contribution in [2.45, 2.75) is 58.7 Å². The molecular weight excluding hydrogens is 520 g/mol. The highest BCUT2D eigenvalue weighted by Crippen LogP contribution is 2.13. The Hall–Kier alpha value is -4.26. The summed E-state index contributed by atoms with van der Waals surface area (Å²) in [5, 5.41) is 10.6. The van der Waals surface area contributed by atoms with Crippen LogP contribution in [0.5, 0.6) is 0 Å². The zero-order valence-corrected chi connectivity index (χ0v) is 23.0. The number of imide groups is 1. The zero-order valence-electron chi connectivity index (χ0n) is 23.0. The van der Waals surface area contributed by atoms with Crippen molar-refractivity contribution in [1.29, 1.82) is 0 Å². The average molecular weight is 559 g/mol. The molecule has 0 aliphatic carbocycles. The van der Waals surface area contributed by atoms with Crippen LogP contribution in [0.1, 0.15) is 45.6 Å². The summed E-state index contributed by atoms with van der Waals surface area (Å²) >= 11 is 0. The van der Waals surface area contributed by atoms with Gasteiger partial charge in [0.15, 0.2) is 0 Å². The van der Waals surface area contributed by atoms with E-state index in [9.17, 15) is 28.8 Å². The van der Waals surface area contributed by atoms with Crippen LogP contribution in [0.2, 0.25) is 0 Å². The summed E-state index contributed by atoms with van der Waals surface area (Å²) in [5.74, 6) is -2.91. The minimum atomic E-state index is -0.979. The number of nitrogens with zero attached hydrogens (tertiary/aromatic N) is 1. The number of ether oxygens (including phenoxy) is 1. The molecule has 0 fully saturated rings. The third-order valence-corrected chi connectivity index (χ3v) is 6.02. The minimum absolute atomic E-state index is 0.121. The second kappa shape index (κ2) is 16.0. The molecule has 1 aromatic rings. The molecule has 13 heteroatoms. The van der Waals surface area contributed by atoms with E-state index in [1.54, 1.807) is 26.0 Å². The van der Waals surface area contributed by atoms with E-state index in [1.165, 1.54) is 0 Å². The van der Waals surface area contributed by atoms with Crippen LogP contribution < -0.4 is 27.0 Å². The van der Waals surface area contributed by atoms with Gasteiger partial charge in [0.2, 0.25) is 17.7 Å². The van der Waals surface area contributed by atoms with Gasteiger partial charge < -0.3 is 31.7 Å². The highest BCUT2D eigenvalue weighted by molar-refractivity contribution is 6.13. The number of urea groups is 1. The maximum absolute atomic E-state index is 13.2. The van der Waals surface area contributed by atoms with Crippen LogP contribution in [0.25, 0.3) is 0 Å². The molecule has 2 rings (SSSR count). The Morgan fingerprint density at radius 2 is 1.62 bits per heavy atom. The highest BCUT2D eigenvalue weighted by Gasteiger charge is 2.30. The molecule has 1 heterocycles. The van der Waals surface area contributed by atoms with E-state index in [4.69, 9.17) is 10.5 Å². The van der Waals surface area contributed by atoms with Gasteiger partial charge in [-0.2, -0.15) is 0 Å². The van der Waals surface area contributed by atoms with Crippen molar-refractivity contribution >= 4 is 41.3 Å². The third kappa shape index (κ3) is 10.5. The first kappa shape index (κ1) is 32.0. The maximum Gasteiger partial charge on any atom is 0.312 e. The SMILES string of the molecule is CCOCc1ccc(NC(=O)[C@H](CCCNC(N)=O)NC(=O)[C@@H](NC(=O)CCN2C(=O)C=CC2=O)C(C)C)cc1. The predicted octanol–water partition coefficient (Wildman–Crippen LogP) is 0.551. The van der Waals surface area contributed by atoms with E-state index < -0.39 is 47.7 Å². The summed E-state index contributed by atoms with van der Waals surface area (Å²) in [6.45, 7) is 6.47. The van der Waals surface area contributed by atoms with Crippen molar-refractivity contribution < 1.29 is 33.5 Å². The topological polar surface area (TPSA) is 189 Å². The molecule has 1 aliphatic rings. The molecule has 2 atom stereocenters. The number of hydrogen-bond acceptors (Lipinski definition) is 7. The Morgan fingerprint density at radius 3 is 2.20 bits per heavy atom. The summed E-state index contributed by atoms with van der Waals surface area (Å²) < 4.78 is 5.38. The van der Waals surface area contributed by atoms with Crippen molar-refractivity contribution in [2.24, 2.45) is 11.7 Å². The van der Waals surface area contributed by atoms with E-state index in [2.05, 4.69) is 21.3 Å². The molecule has 1 aliphatic heterocycles. The monoisotopic (exact) mass is 558 g/mol. The molecule has 0 radical (unpaired) electrons. The molecule has 0 aromatic heterocycles. The molecular formula is C27H38N6O7. The summed E-state index contributed by atoms with van der Waals surface area (Å²) in [5.41, 5.74) is 6.56. The lowest BCUT2D eigenvalue weighted by Crippen LogP contribution is -2.54. The number of rotatable bonds is 16. The lowest BCUT2D eigenvalue weighted by molar-refractivity contribution is -0.137. The van der Waals surface area contributed by atoms with Crippen LogP contribution in [0.15, 0.2) is 36.4 Å². The largest absolute Gasteiger partial charge is 0.377 e. The number of amides is 7. The fourth-order valence-electron chi connectivity index (χ4n) is 3.83. The van der Waals surface area contributed by atoms with Crippen LogP contribution in [0.4, 0.5) is 10.5 Å². The second-order valence-corrected chi connectivity index (χ2v) is 9.52. The van der Waals surface area contributed by atoms with Gasteiger partial charge >= 0.3 is 6.03 Å². The standard InChI is InChI=1S/C27H38N6O7/c1-4-40-16-18-7-9-19(10-8-18)30-25(37)20(6-5-14-29-27(28)39)31-26(38)24(17(2)3)32-21(34)13-15-33-22(35)11-12-23(33)36/h7-12,17,20,24H,4-6,13-16H2,1-3H3,(H,30,37)(H,31,38)(H,32,34)(H3,28,29,39)/t20-,24-/m0/s1. The van der Waals surface area contributed by atoms with E-state index in [0.29, 0.717) is 25.3 Å².